The fraction of sp³-hybridized carbons (Fsp3) is 0.267. The SMILES string of the molecule is COc1ccc(Cl)cc1CNCCOc1ccccn1.Cl. The summed E-state index contributed by atoms with van der Waals surface area (Å²) in [6, 6.07) is 11.2. The zero-order chi connectivity index (χ0) is 14.2. The predicted molar refractivity (Wildman–Crippen MR) is 86.7 cm³/mol. The zero-order valence-electron chi connectivity index (χ0n) is 11.7. The van der Waals surface area contributed by atoms with E-state index in [1.807, 2.05) is 36.4 Å². The second kappa shape index (κ2) is 9.45. The van der Waals surface area contributed by atoms with E-state index in [1.54, 1.807) is 13.3 Å². The van der Waals surface area contributed by atoms with Gasteiger partial charge in [0.15, 0.2) is 0 Å². The summed E-state index contributed by atoms with van der Waals surface area (Å²) < 4.78 is 10.8. The van der Waals surface area contributed by atoms with Gasteiger partial charge in [-0.2, -0.15) is 0 Å². The molecule has 1 aromatic heterocycles. The van der Waals surface area contributed by atoms with Gasteiger partial charge in [0, 0.05) is 35.9 Å². The molecule has 2 rings (SSSR count). The lowest BCUT2D eigenvalue weighted by atomic mass is 10.2. The van der Waals surface area contributed by atoms with Crippen LogP contribution in [0.3, 0.4) is 0 Å². The highest BCUT2D eigenvalue weighted by Gasteiger charge is 2.03. The van der Waals surface area contributed by atoms with E-state index in [0.717, 1.165) is 11.3 Å². The van der Waals surface area contributed by atoms with Gasteiger partial charge < -0.3 is 14.8 Å². The highest BCUT2D eigenvalue weighted by molar-refractivity contribution is 6.30. The van der Waals surface area contributed by atoms with Crippen LogP contribution < -0.4 is 14.8 Å². The molecule has 0 aliphatic carbocycles. The van der Waals surface area contributed by atoms with Crippen LogP contribution in [0.2, 0.25) is 5.02 Å². The Bertz CT molecular complexity index is 538. The van der Waals surface area contributed by atoms with Gasteiger partial charge in [0.1, 0.15) is 12.4 Å². The number of hydrogen-bond donors (Lipinski definition) is 1. The smallest absolute Gasteiger partial charge is 0.213 e. The van der Waals surface area contributed by atoms with Crippen molar-refractivity contribution in [3.8, 4) is 11.6 Å². The van der Waals surface area contributed by atoms with Gasteiger partial charge in [0.25, 0.3) is 0 Å². The van der Waals surface area contributed by atoms with Crippen molar-refractivity contribution >= 4 is 24.0 Å². The molecule has 0 aliphatic heterocycles. The topological polar surface area (TPSA) is 43.4 Å². The van der Waals surface area contributed by atoms with E-state index in [1.165, 1.54) is 0 Å². The monoisotopic (exact) mass is 328 g/mol. The Kier molecular flexibility index (Phi) is 7.90. The van der Waals surface area contributed by atoms with Crippen molar-refractivity contribution in [3.05, 3.63) is 53.2 Å². The third kappa shape index (κ3) is 5.79. The van der Waals surface area contributed by atoms with E-state index in [0.29, 0.717) is 30.6 Å². The molecule has 4 nitrogen and oxygen atoms in total. The Morgan fingerprint density at radius 3 is 2.81 bits per heavy atom. The summed E-state index contributed by atoms with van der Waals surface area (Å²) in [6.45, 7) is 1.95. The Hall–Kier alpha value is -1.49. The highest BCUT2D eigenvalue weighted by atomic mass is 35.5. The number of pyridine rings is 1. The minimum Gasteiger partial charge on any atom is -0.496 e. The van der Waals surface area contributed by atoms with Crippen LogP contribution in [-0.4, -0.2) is 25.2 Å². The summed E-state index contributed by atoms with van der Waals surface area (Å²) in [5.41, 5.74) is 1.03. The predicted octanol–water partition coefficient (Wildman–Crippen LogP) is 3.33. The molecule has 0 saturated carbocycles. The molecule has 0 fully saturated rings. The molecule has 0 saturated heterocycles. The average molecular weight is 329 g/mol. The van der Waals surface area contributed by atoms with Crippen LogP contribution in [0.4, 0.5) is 0 Å². The first-order valence-electron chi connectivity index (χ1n) is 6.36. The molecule has 0 aliphatic rings. The maximum Gasteiger partial charge on any atom is 0.213 e. The number of methoxy groups -OCH3 is 1. The Labute approximate surface area is 135 Å². The van der Waals surface area contributed by atoms with E-state index < -0.39 is 0 Å². The number of benzene rings is 1. The summed E-state index contributed by atoms with van der Waals surface area (Å²) in [7, 11) is 1.65. The number of hydrogen-bond acceptors (Lipinski definition) is 4. The Morgan fingerprint density at radius 1 is 1.24 bits per heavy atom. The van der Waals surface area contributed by atoms with E-state index in [-0.39, 0.29) is 12.4 Å². The van der Waals surface area contributed by atoms with Crippen molar-refractivity contribution < 1.29 is 9.47 Å². The van der Waals surface area contributed by atoms with Crippen LogP contribution in [0, 0.1) is 0 Å². The lowest BCUT2D eigenvalue weighted by molar-refractivity contribution is 0.301. The molecule has 0 unspecified atom stereocenters. The minimum absolute atomic E-state index is 0. The quantitative estimate of drug-likeness (QED) is 0.792. The van der Waals surface area contributed by atoms with Crippen LogP contribution in [0.5, 0.6) is 11.6 Å². The van der Waals surface area contributed by atoms with Gasteiger partial charge in [-0.1, -0.05) is 17.7 Å². The summed E-state index contributed by atoms with van der Waals surface area (Å²) in [5, 5.41) is 3.98. The number of aromatic nitrogens is 1. The number of ether oxygens (including phenoxy) is 2. The van der Waals surface area contributed by atoms with E-state index in [4.69, 9.17) is 21.1 Å². The van der Waals surface area contributed by atoms with Crippen LogP contribution in [0.25, 0.3) is 0 Å². The molecule has 6 heteroatoms. The van der Waals surface area contributed by atoms with E-state index >= 15 is 0 Å². The second-order valence-corrected chi connectivity index (χ2v) is 4.59. The average Bonchev–Trinajstić information content (AvgIpc) is 2.48. The normalized spacial score (nSPS) is 9.81. The molecule has 2 aromatic rings. The first-order valence-corrected chi connectivity index (χ1v) is 6.74. The first kappa shape index (κ1) is 17.6. The Balaban J connectivity index is 0.00000220. The minimum atomic E-state index is 0. The van der Waals surface area contributed by atoms with Crippen molar-refractivity contribution in [2.45, 2.75) is 6.54 Å². The largest absolute Gasteiger partial charge is 0.496 e. The van der Waals surface area contributed by atoms with Gasteiger partial charge in [-0.25, -0.2) is 4.98 Å². The summed E-state index contributed by atoms with van der Waals surface area (Å²) in [6.07, 6.45) is 1.71. The zero-order valence-corrected chi connectivity index (χ0v) is 13.3. The third-order valence-corrected chi connectivity index (χ3v) is 2.96. The van der Waals surface area contributed by atoms with Crippen molar-refractivity contribution in [2.75, 3.05) is 20.3 Å². The third-order valence-electron chi connectivity index (χ3n) is 2.72. The fourth-order valence-corrected chi connectivity index (χ4v) is 1.96. The lowest BCUT2D eigenvalue weighted by Gasteiger charge is -2.10. The van der Waals surface area contributed by atoms with Gasteiger partial charge in [-0.15, -0.1) is 12.4 Å². The maximum absolute atomic E-state index is 5.98. The molecular formula is C15H18Cl2N2O2. The van der Waals surface area contributed by atoms with Gasteiger partial charge in [-0.05, 0) is 24.3 Å². The van der Waals surface area contributed by atoms with Crippen molar-refractivity contribution in [2.24, 2.45) is 0 Å². The standard InChI is InChI=1S/C15H17ClN2O2.ClH/c1-19-14-6-5-13(16)10-12(14)11-17-8-9-20-15-4-2-3-7-18-15;/h2-7,10,17H,8-9,11H2,1H3;1H. The van der Waals surface area contributed by atoms with Crippen molar-refractivity contribution in [1.29, 1.82) is 0 Å². The lowest BCUT2D eigenvalue weighted by Crippen LogP contribution is -2.21. The molecule has 0 atom stereocenters. The van der Waals surface area contributed by atoms with E-state index in [9.17, 15) is 0 Å². The number of halogens is 2. The van der Waals surface area contributed by atoms with Gasteiger partial charge in [-0.3, -0.25) is 0 Å². The summed E-state index contributed by atoms with van der Waals surface area (Å²) >= 11 is 5.98. The molecule has 114 valence electrons. The molecule has 1 N–H and O–H groups in total. The molecule has 0 radical (unpaired) electrons. The molecule has 0 amide bonds. The first-order chi connectivity index (χ1) is 9.79. The molecular weight excluding hydrogens is 311 g/mol. The van der Waals surface area contributed by atoms with Crippen molar-refractivity contribution in [3.63, 3.8) is 0 Å². The van der Waals surface area contributed by atoms with Crippen LogP contribution >= 0.6 is 24.0 Å². The van der Waals surface area contributed by atoms with Crippen LogP contribution in [-0.2, 0) is 6.54 Å². The highest BCUT2D eigenvalue weighted by Crippen LogP contribution is 2.22. The van der Waals surface area contributed by atoms with Gasteiger partial charge in [0.05, 0.1) is 7.11 Å². The fourth-order valence-electron chi connectivity index (χ4n) is 1.77. The number of nitrogens with one attached hydrogen (secondary N) is 1. The van der Waals surface area contributed by atoms with Crippen LogP contribution in [0.1, 0.15) is 5.56 Å². The van der Waals surface area contributed by atoms with Crippen LogP contribution in [0.15, 0.2) is 42.6 Å². The maximum atomic E-state index is 5.98. The van der Waals surface area contributed by atoms with Gasteiger partial charge in [0.2, 0.25) is 5.88 Å². The molecule has 1 aromatic carbocycles. The van der Waals surface area contributed by atoms with Gasteiger partial charge >= 0.3 is 0 Å². The summed E-state index contributed by atoms with van der Waals surface area (Å²) in [4.78, 5) is 4.09. The van der Waals surface area contributed by atoms with E-state index in [2.05, 4.69) is 10.3 Å². The number of nitrogens with zero attached hydrogens (tertiary/aromatic N) is 1. The summed E-state index contributed by atoms with van der Waals surface area (Å²) in [5.74, 6) is 1.46. The molecule has 1 heterocycles. The Morgan fingerprint density at radius 2 is 2.10 bits per heavy atom. The molecule has 0 bridgehead atoms. The molecule has 21 heavy (non-hydrogen) atoms. The number of rotatable bonds is 7. The van der Waals surface area contributed by atoms with Crippen molar-refractivity contribution in [1.82, 2.24) is 10.3 Å². The molecule has 0 spiro atoms. The second-order valence-electron chi connectivity index (χ2n) is 4.15.